The minimum Gasteiger partial charge on any atom is -0.463 e. The highest BCUT2D eigenvalue weighted by atomic mass is 16.5. The molecule has 0 radical (unpaired) electrons. The second kappa shape index (κ2) is 5.95. The molecule has 0 spiro atoms. The molecule has 3 N–H and O–H groups in total. The van der Waals surface area contributed by atoms with Crippen LogP contribution in [0.5, 0.6) is 0 Å². The molecular formula is C8H14N2O4. The zero-order valence-electron chi connectivity index (χ0n) is 8.20. The van der Waals surface area contributed by atoms with Gasteiger partial charge in [-0.3, -0.25) is 4.79 Å². The average Bonchev–Trinajstić information content (AvgIpc) is 1.98. The van der Waals surface area contributed by atoms with Crippen LogP contribution in [0, 0.1) is 5.41 Å². The van der Waals surface area contributed by atoms with Crippen molar-refractivity contribution >= 4 is 17.8 Å². The summed E-state index contributed by atoms with van der Waals surface area (Å²) < 4.78 is 9.09. The van der Waals surface area contributed by atoms with Crippen molar-refractivity contribution in [2.24, 2.45) is 5.73 Å². The molecule has 0 fully saturated rings. The molecule has 6 heteroatoms. The predicted octanol–water partition coefficient (Wildman–Crippen LogP) is 0.443. The smallest absolute Gasteiger partial charge is 0.404 e. The molecule has 0 aromatic heterocycles. The molecule has 0 atom stereocenters. The molecule has 0 rings (SSSR count). The van der Waals surface area contributed by atoms with Gasteiger partial charge in [-0.15, -0.1) is 0 Å². The van der Waals surface area contributed by atoms with E-state index in [0.29, 0.717) is 0 Å². The zero-order valence-corrected chi connectivity index (χ0v) is 8.20. The third-order valence-corrected chi connectivity index (χ3v) is 1.11. The van der Waals surface area contributed by atoms with Crippen molar-refractivity contribution in [1.82, 2.24) is 0 Å². The van der Waals surface area contributed by atoms with E-state index in [9.17, 15) is 9.59 Å². The molecule has 0 aromatic carbocycles. The van der Waals surface area contributed by atoms with Crippen LogP contribution in [0.25, 0.3) is 0 Å². The van der Waals surface area contributed by atoms with Gasteiger partial charge in [0, 0.05) is 0 Å². The molecule has 0 bridgehead atoms. The maximum Gasteiger partial charge on any atom is 0.404 e. The van der Waals surface area contributed by atoms with E-state index < -0.39 is 12.1 Å². The molecule has 80 valence electrons. The maximum absolute atomic E-state index is 11.0. The minimum atomic E-state index is -0.966. The first-order valence-corrected chi connectivity index (χ1v) is 4.09. The fourth-order valence-corrected chi connectivity index (χ4v) is 0.688. The lowest BCUT2D eigenvalue weighted by molar-refractivity contribution is -0.145. The van der Waals surface area contributed by atoms with Crippen LogP contribution in [0.4, 0.5) is 4.79 Å². The summed E-state index contributed by atoms with van der Waals surface area (Å²) in [6.45, 7) is 3.14. The van der Waals surface area contributed by atoms with E-state index in [1.54, 1.807) is 13.8 Å². The first-order chi connectivity index (χ1) is 6.41. The Bertz CT molecular complexity index is 237. The van der Waals surface area contributed by atoms with Gasteiger partial charge in [-0.2, -0.15) is 0 Å². The molecule has 0 aromatic rings. The molecule has 0 heterocycles. The van der Waals surface area contributed by atoms with Crippen LogP contribution < -0.4 is 5.73 Å². The van der Waals surface area contributed by atoms with Crippen molar-refractivity contribution in [2.45, 2.75) is 26.4 Å². The van der Waals surface area contributed by atoms with Gasteiger partial charge in [0.05, 0.1) is 18.2 Å². The number of rotatable bonds is 5. The number of nitrogens with one attached hydrogen (secondary N) is 1. The first-order valence-electron chi connectivity index (χ1n) is 4.09. The normalized spacial score (nSPS) is 9.64. The van der Waals surface area contributed by atoms with E-state index in [-0.39, 0.29) is 24.8 Å². The molecule has 0 saturated carbocycles. The van der Waals surface area contributed by atoms with Crippen LogP contribution in [-0.4, -0.2) is 30.5 Å². The van der Waals surface area contributed by atoms with Gasteiger partial charge in [0.1, 0.15) is 6.61 Å². The third kappa shape index (κ3) is 7.08. The van der Waals surface area contributed by atoms with Crippen LogP contribution in [0.3, 0.4) is 0 Å². The van der Waals surface area contributed by atoms with E-state index in [4.69, 9.17) is 10.1 Å². The summed E-state index contributed by atoms with van der Waals surface area (Å²) in [6.07, 6.45) is -1.37. The Morgan fingerprint density at radius 3 is 2.43 bits per heavy atom. The van der Waals surface area contributed by atoms with Crippen LogP contribution in [0.15, 0.2) is 0 Å². The van der Waals surface area contributed by atoms with Gasteiger partial charge in [0.2, 0.25) is 0 Å². The number of esters is 1. The SMILES string of the molecule is CC(C)OC(=O)CC(=N)COC(N)=O. The highest BCUT2D eigenvalue weighted by molar-refractivity contribution is 5.98. The molecule has 6 nitrogen and oxygen atoms in total. The van der Waals surface area contributed by atoms with Gasteiger partial charge >= 0.3 is 12.1 Å². The van der Waals surface area contributed by atoms with Crippen molar-refractivity contribution in [3.63, 3.8) is 0 Å². The fourth-order valence-electron chi connectivity index (χ4n) is 0.688. The molecule has 0 aliphatic carbocycles. The van der Waals surface area contributed by atoms with Crippen molar-refractivity contribution in [1.29, 1.82) is 5.41 Å². The van der Waals surface area contributed by atoms with Crippen LogP contribution in [0.1, 0.15) is 20.3 Å². The van der Waals surface area contributed by atoms with E-state index in [1.165, 1.54) is 0 Å². The van der Waals surface area contributed by atoms with E-state index in [1.807, 2.05) is 0 Å². The van der Waals surface area contributed by atoms with Gasteiger partial charge in [-0.1, -0.05) is 0 Å². The van der Waals surface area contributed by atoms with Crippen molar-refractivity contribution in [3.05, 3.63) is 0 Å². The monoisotopic (exact) mass is 202 g/mol. The number of nitrogens with two attached hydrogens (primary N) is 1. The summed E-state index contributed by atoms with van der Waals surface area (Å²) in [5.41, 5.74) is 4.63. The van der Waals surface area contributed by atoms with Gasteiger partial charge in [-0.25, -0.2) is 4.79 Å². The summed E-state index contributed by atoms with van der Waals surface area (Å²) in [5.74, 6) is -0.516. The summed E-state index contributed by atoms with van der Waals surface area (Å²) in [5, 5.41) is 7.22. The number of carbonyl (C=O) groups excluding carboxylic acids is 2. The number of carbonyl (C=O) groups is 2. The average molecular weight is 202 g/mol. The number of ether oxygens (including phenoxy) is 2. The maximum atomic E-state index is 11.0. The van der Waals surface area contributed by atoms with Crippen molar-refractivity contribution in [3.8, 4) is 0 Å². The lowest BCUT2D eigenvalue weighted by Gasteiger charge is -2.08. The van der Waals surface area contributed by atoms with Crippen LogP contribution >= 0.6 is 0 Å². The quantitative estimate of drug-likeness (QED) is 0.498. The standard InChI is InChI=1S/C8H14N2O4/c1-5(2)14-7(11)3-6(9)4-13-8(10)12/h5,9H,3-4H2,1-2H3,(H2,10,12). The lowest BCUT2D eigenvalue weighted by Crippen LogP contribution is -2.22. The predicted molar refractivity (Wildman–Crippen MR) is 49.1 cm³/mol. The number of hydrogen-bond donors (Lipinski definition) is 2. The second-order valence-electron chi connectivity index (χ2n) is 2.93. The summed E-state index contributed by atoms with van der Waals surface area (Å²) >= 11 is 0. The van der Waals surface area contributed by atoms with Gasteiger partial charge in [-0.05, 0) is 13.8 Å². The van der Waals surface area contributed by atoms with Crippen molar-refractivity contribution < 1.29 is 19.1 Å². The fraction of sp³-hybridized carbons (Fsp3) is 0.625. The molecule has 0 saturated heterocycles. The van der Waals surface area contributed by atoms with E-state index >= 15 is 0 Å². The Morgan fingerprint density at radius 1 is 1.43 bits per heavy atom. The van der Waals surface area contributed by atoms with Crippen LogP contribution in [-0.2, 0) is 14.3 Å². The highest BCUT2D eigenvalue weighted by Gasteiger charge is 2.10. The van der Waals surface area contributed by atoms with E-state index in [2.05, 4.69) is 10.5 Å². The Labute approximate surface area is 81.9 Å². The number of primary amides is 1. The van der Waals surface area contributed by atoms with Crippen molar-refractivity contribution in [2.75, 3.05) is 6.61 Å². The largest absolute Gasteiger partial charge is 0.463 e. The Hall–Kier alpha value is -1.59. The topological polar surface area (TPSA) is 102 Å². The first kappa shape index (κ1) is 12.4. The highest BCUT2D eigenvalue weighted by Crippen LogP contribution is 1.95. The molecule has 0 aliphatic rings. The number of amides is 1. The molecule has 14 heavy (non-hydrogen) atoms. The third-order valence-electron chi connectivity index (χ3n) is 1.11. The summed E-state index contributed by atoms with van der Waals surface area (Å²) in [6, 6.07) is 0. The summed E-state index contributed by atoms with van der Waals surface area (Å²) in [7, 11) is 0. The van der Waals surface area contributed by atoms with E-state index in [0.717, 1.165) is 0 Å². The molecule has 1 amide bonds. The molecule has 0 unspecified atom stereocenters. The Balaban J connectivity index is 3.72. The zero-order chi connectivity index (χ0) is 11.1. The minimum absolute atomic E-state index is 0.0468. The van der Waals surface area contributed by atoms with Gasteiger partial charge < -0.3 is 20.6 Å². The van der Waals surface area contributed by atoms with Gasteiger partial charge in [0.15, 0.2) is 0 Å². The second-order valence-corrected chi connectivity index (χ2v) is 2.93. The van der Waals surface area contributed by atoms with Gasteiger partial charge in [0.25, 0.3) is 0 Å². The lowest BCUT2D eigenvalue weighted by atomic mass is 10.3. The van der Waals surface area contributed by atoms with Crippen LogP contribution in [0.2, 0.25) is 0 Å². The Kier molecular flexibility index (Phi) is 5.28. The Morgan fingerprint density at radius 2 is 2.00 bits per heavy atom. The summed E-state index contributed by atoms with van der Waals surface area (Å²) in [4.78, 5) is 21.1. The molecule has 0 aliphatic heterocycles. The molecular weight excluding hydrogens is 188 g/mol. The number of hydrogen-bond acceptors (Lipinski definition) is 5.